The van der Waals surface area contributed by atoms with E-state index in [0.29, 0.717) is 15.8 Å². The molecule has 0 saturated carbocycles. The van der Waals surface area contributed by atoms with Gasteiger partial charge in [0.2, 0.25) is 0 Å². The Bertz CT molecular complexity index is 1280. The monoisotopic (exact) mass is 565 g/mol. The number of halogens is 5. The van der Waals surface area contributed by atoms with Gasteiger partial charge in [0.15, 0.2) is 5.54 Å². The lowest BCUT2D eigenvalue weighted by molar-refractivity contribution is -0.195. The van der Waals surface area contributed by atoms with Crippen LogP contribution in [0.2, 0.25) is 0 Å². The second-order valence-electron chi connectivity index (χ2n) is 8.12. The predicted molar refractivity (Wildman–Crippen MR) is 128 cm³/mol. The Hall–Kier alpha value is -3.60. The lowest BCUT2D eigenvalue weighted by atomic mass is 9.85. The zero-order chi connectivity index (χ0) is 26.1. The van der Waals surface area contributed by atoms with Crippen molar-refractivity contribution in [1.29, 1.82) is 0 Å². The van der Waals surface area contributed by atoms with Crippen molar-refractivity contribution in [3.05, 3.63) is 93.7 Å². The molecule has 0 saturated heterocycles. The highest BCUT2D eigenvalue weighted by molar-refractivity contribution is 9.10. The minimum Gasteiger partial charge on any atom is -0.497 e. The van der Waals surface area contributed by atoms with E-state index in [4.69, 9.17) is 4.74 Å². The van der Waals surface area contributed by atoms with Gasteiger partial charge < -0.3 is 15.4 Å². The lowest BCUT2D eigenvalue weighted by Gasteiger charge is -2.44. The number of nitrogens with one attached hydrogen (secondary N) is 2. The molecule has 0 aromatic heterocycles. The summed E-state index contributed by atoms with van der Waals surface area (Å²) in [7, 11) is 1.51. The quantitative estimate of drug-likeness (QED) is 0.387. The maximum Gasteiger partial charge on any atom is 0.417 e. The zero-order valence-corrected chi connectivity index (χ0v) is 20.4. The third-order valence-corrected chi connectivity index (χ3v) is 6.37. The fourth-order valence-electron chi connectivity index (χ4n) is 3.96. The standard InChI is InChI=1S/C25H20BrF4N3O3/c1-36-19-9-2-15(3-10-19)13-33-21-11-6-17(26)12-20(21)24(25(28,29)30,32-23(33)35)14-31-22(34)16-4-7-18(27)8-5-16/h2-12H,13-14H2,1H3,(H,31,34)(H,32,35). The highest BCUT2D eigenvalue weighted by Gasteiger charge is 2.61. The number of carbonyl (C=O) groups excluding carboxylic acids is 2. The predicted octanol–water partition coefficient (Wildman–Crippen LogP) is 5.51. The van der Waals surface area contributed by atoms with Gasteiger partial charge in [-0.05, 0) is 60.2 Å². The van der Waals surface area contributed by atoms with E-state index in [2.05, 4.69) is 26.6 Å². The van der Waals surface area contributed by atoms with Crippen molar-refractivity contribution in [3.8, 4) is 5.75 Å². The van der Waals surface area contributed by atoms with Crippen molar-refractivity contribution in [3.63, 3.8) is 0 Å². The first-order chi connectivity index (χ1) is 17.0. The summed E-state index contributed by atoms with van der Waals surface area (Å²) in [5.41, 5.74) is -2.45. The molecular weight excluding hydrogens is 546 g/mol. The van der Waals surface area contributed by atoms with Gasteiger partial charge in [0.05, 0.1) is 25.9 Å². The number of benzene rings is 3. The zero-order valence-electron chi connectivity index (χ0n) is 18.8. The number of fused-ring (bicyclic) bond motifs is 1. The molecule has 1 heterocycles. The molecule has 0 spiro atoms. The highest BCUT2D eigenvalue weighted by Crippen LogP contribution is 2.46. The number of hydrogen-bond acceptors (Lipinski definition) is 3. The summed E-state index contributed by atoms with van der Waals surface area (Å²) in [6, 6.07) is 14.4. The van der Waals surface area contributed by atoms with Crippen LogP contribution in [0.1, 0.15) is 21.5 Å². The van der Waals surface area contributed by atoms with Crippen LogP contribution >= 0.6 is 15.9 Å². The fourth-order valence-corrected chi connectivity index (χ4v) is 4.32. The molecule has 3 aromatic rings. The molecule has 11 heteroatoms. The first-order valence-electron chi connectivity index (χ1n) is 10.7. The summed E-state index contributed by atoms with van der Waals surface area (Å²) in [5.74, 6) is -0.835. The number of ether oxygens (including phenoxy) is 1. The molecule has 0 fully saturated rings. The Morgan fingerprint density at radius 1 is 1.08 bits per heavy atom. The number of hydrogen-bond donors (Lipinski definition) is 2. The molecule has 2 N–H and O–H groups in total. The number of nitrogens with zero attached hydrogens (tertiary/aromatic N) is 1. The molecule has 188 valence electrons. The van der Waals surface area contributed by atoms with Crippen LogP contribution in [0.15, 0.2) is 71.2 Å². The summed E-state index contributed by atoms with van der Waals surface area (Å²) in [5, 5.41) is 4.35. The molecular formula is C25H20BrF4N3O3. The first kappa shape index (κ1) is 25.5. The summed E-state index contributed by atoms with van der Waals surface area (Å²) < 4.78 is 62.6. The van der Waals surface area contributed by atoms with E-state index in [1.807, 2.05) is 0 Å². The average molecular weight is 566 g/mol. The summed E-state index contributed by atoms with van der Waals surface area (Å²) in [4.78, 5) is 26.9. The van der Waals surface area contributed by atoms with Crippen LogP contribution in [0.25, 0.3) is 0 Å². The molecule has 1 aliphatic heterocycles. The van der Waals surface area contributed by atoms with E-state index in [1.54, 1.807) is 24.3 Å². The summed E-state index contributed by atoms with van der Waals surface area (Å²) >= 11 is 3.21. The molecule has 1 unspecified atom stereocenters. The van der Waals surface area contributed by atoms with E-state index >= 15 is 0 Å². The molecule has 3 amide bonds. The van der Waals surface area contributed by atoms with Gasteiger partial charge in [0.25, 0.3) is 5.91 Å². The Kier molecular flexibility index (Phi) is 6.94. The van der Waals surface area contributed by atoms with Gasteiger partial charge >= 0.3 is 12.2 Å². The van der Waals surface area contributed by atoms with Crippen LogP contribution < -0.4 is 20.3 Å². The minimum absolute atomic E-state index is 0.000333. The van der Waals surface area contributed by atoms with Crippen molar-refractivity contribution >= 4 is 33.6 Å². The first-order valence-corrected chi connectivity index (χ1v) is 11.5. The third kappa shape index (κ3) is 4.88. The number of amides is 3. The Morgan fingerprint density at radius 2 is 1.75 bits per heavy atom. The van der Waals surface area contributed by atoms with Crippen molar-refractivity contribution in [2.24, 2.45) is 0 Å². The van der Waals surface area contributed by atoms with Gasteiger partial charge in [-0.15, -0.1) is 0 Å². The van der Waals surface area contributed by atoms with Crippen LogP contribution in [0.5, 0.6) is 5.75 Å². The number of carbonyl (C=O) groups is 2. The number of alkyl halides is 3. The SMILES string of the molecule is COc1ccc(CN2C(=O)NC(CNC(=O)c3ccc(F)cc3)(C(F)(F)F)c3cc(Br)ccc32)cc1. The van der Waals surface area contributed by atoms with Crippen LogP contribution in [-0.4, -0.2) is 31.8 Å². The number of urea groups is 1. The van der Waals surface area contributed by atoms with Crippen molar-refractivity contribution in [2.45, 2.75) is 18.3 Å². The largest absolute Gasteiger partial charge is 0.497 e. The van der Waals surface area contributed by atoms with Crippen LogP contribution in [0.4, 0.5) is 28.0 Å². The van der Waals surface area contributed by atoms with E-state index in [-0.39, 0.29) is 23.4 Å². The molecule has 1 atom stereocenters. The molecule has 0 bridgehead atoms. The van der Waals surface area contributed by atoms with Crippen molar-refractivity contribution in [2.75, 3.05) is 18.6 Å². The fraction of sp³-hybridized carbons (Fsp3) is 0.200. The van der Waals surface area contributed by atoms with E-state index in [0.717, 1.165) is 24.3 Å². The molecule has 0 radical (unpaired) electrons. The third-order valence-electron chi connectivity index (χ3n) is 5.88. The highest BCUT2D eigenvalue weighted by atomic mass is 79.9. The van der Waals surface area contributed by atoms with Gasteiger partial charge in [-0.3, -0.25) is 9.69 Å². The van der Waals surface area contributed by atoms with Gasteiger partial charge in [0, 0.05) is 15.6 Å². The summed E-state index contributed by atoms with van der Waals surface area (Å²) in [6.45, 7) is -0.974. The van der Waals surface area contributed by atoms with Crippen LogP contribution in [0.3, 0.4) is 0 Å². The molecule has 0 aliphatic carbocycles. The molecule has 36 heavy (non-hydrogen) atoms. The smallest absolute Gasteiger partial charge is 0.417 e. The molecule has 6 nitrogen and oxygen atoms in total. The normalized spacial score (nSPS) is 17.3. The lowest BCUT2D eigenvalue weighted by Crippen LogP contribution is -2.66. The average Bonchev–Trinajstić information content (AvgIpc) is 2.84. The second kappa shape index (κ2) is 9.81. The maximum absolute atomic E-state index is 14.7. The van der Waals surface area contributed by atoms with Crippen molar-refractivity contribution < 1.29 is 31.9 Å². The second-order valence-corrected chi connectivity index (χ2v) is 9.03. The van der Waals surface area contributed by atoms with Crippen LogP contribution in [0, 0.1) is 5.82 Å². The van der Waals surface area contributed by atoms with E-state index in [9.17, 15) is 27.2 Å². The number of rotatable bonds is 6. The van der Waals surface area contributed by atoms with Gasteiger partial charge in [-0.2, -0.15) is 13.2 Å². The molecule has 4 rings (SSSR count). The van der Waals surface area contributed by atoms with Gasteiger partial charge in [-0.25, -0.2) is 9.18 Å². The number of methoxy groups -OCH3 is 1. The molecule has 1 aliphatic rings. The minimum atomic E-state index is -4.97. The Labute approximate surface area is 212 Å². The Balaban J connectivity index is 1.71. The number of anilines is 1. The van der Waals surface area contributed by atoms with E-state index < -0.39 is 36.0 Å². The topological polar surface area (TPSA) is 70.7 Å². The van der Waals surface area contributed by atoms with E-state index in [1.165, 1.54) is 30.2 Å². The summed E-state index contributed by atoms with van der Waals surface area (Å²) in [6.07, 6.45) is -4.97. The van der Waals surface area contributed by atoms with Crippen LogP contribution in [-0.2, 0) is 12.1 Å². The maximum atomic E-state index is 14.7. The van der Waals surface area contributed by atoms with Gasteiger partial charge in [0.1, 0.15) is 11.6 Å². The molecule has 3 aromatic carbocycles. The Morgan fingerprint density at radius 3 is 2.36 bits per heavy atom. The van der Waals surface area contributed by atoms with Gasteiger partial charge in [-0.1, -0.05) is 28.1 Å². The van der Waals surface area contributed by atoms with Crippen molar-refractivity contribution in [1.82, 2.24) is 10.6 Å².